The van der Waals surface area contributed by atoms with Crippen molar-refractivity contribution in [3.05, 3.63) is 28.8 Å². The summed E-state index contributed by atoms with van der Waals surface area (Å²) in [6, 6.07) is 5.58. The summed E-state index contributed by atoms with van der Waals surface area (Å²) in [6.07, 6.45) is 1.80. The number of rotatable bonds is 0. The molecule has 0 amide bonds. The fourth-order valence-electron chi connectivity index (χ4n) is 1.78. The Labute approximate surface area is 82.1 Å². The van der Waals surface area contributed by atoms with E-state index in [2.05, 4.69) is 0 Å². The van der Waals surface area contributed by atoms with Crippen LogP contribution in [0.5, 0.6) is 0 Å². The lowest BCUT2D eigenvalue weighted by molar-refractivity contribution is -0.118. The molecule has 2 rings (SSSR count). The molecule has 0 aliphatic heterocycles. The molecule has 14 heavy (non-hydrogen) atoms. The van der Waals surface area contributed by atoms with E-state index in [9.17, 15) is 4.79 Å². The molecule has 0 unspecified atom stereocenters. The first kappa shape index (κ1) is 8.76. The largest absolute Gasteiger partial charge is 0.398 e. The van der Waals surface area contributed by atoms with Crippen molar-refractivity contribution in [2.75, 3.05) is 5.73 Å². The van der Waals surface area contributed by atoms with E-state index in [0.29, 0.717) is 24.1 Å². The van der Waals surface area contributed by atoms with Gasteiger partial charge in [-0.15, -0.1) is 0 Å². The minimum Gasteiger partial charge on any atom is -0.398 e. The van der Waals surface area contributed by atoms with Crippen LogP contribution < -0.4 is 5.73 Å². The van der Waals surface area contributed by atoms with Crippen LogP contribution in [0.15, 0.2) is 12.1 Å². The fraction of sp³-hybridized carbons (Fsp3) is 0.273. The Morgan fingerprint density at radius 1 is 1.29 bits per heavy atom. The number of nitrogens with zero attached hydrogens (tertiary/aromatic N) is 1. The van der Waals surface area contributed by atoms with Crippen molar-refractivity contribution in [3.8, 4) is 6.07 Å². The van der Waals surface area contributed by atoms with Gasteiger partial charge in [-0.2, -0.15) is 5.26 Å². The summed E-state index contributed by atoms with van der Waals surface area (Å²) >= 11 is 0. The Kier molecular flexibility index (Phi) is 1.97. The maximum Gasteiger partial charge on any atom is 0.137 e. The van der Waals surface area contributed by atoms with Gasteiger partial charge in [-0.3, -0.25) is 4.79 Å². The molecule has 0 aromatic heterocycles. The predicted octanol–water partition coefficient (Wildman–Crippen LogP) is 1.20. The molecule has 2 N–H and O–H groups in total. The molecule has 0 heterocycles. The van der Waals surface area contributed by atoms with E-state index < -0.39 is 0 Å². The minimum atomic E-state index is 0.242. The third kappa shape index (κ3) is 1.35. The third-order valence-corrected chi connectivity index (χ3v) is 2.55. The molecule has 0 bridgehead atoms. The molecule has 70 valence electrons. The van der Waals surface area contributed by atoms with Gasteiger partial charge in [0, 0.05) is 18.5 Å². The van der Waals surface area contributed by atoms with Crippen LogP contribution in [0.4, 0.5) is 5.69 Å². The van der Waals surface area contributed by atoms with Crippen LogP contribution in [-0.4, -0.2) is 5.78 Å². The Morgan fingerprint density at radius 2 is 2.07 bits per heavy atom. The number of fused-ring (bicyclic) bond motifs is 1. The normalized spacial score (nSPS) is 14.6. The highest BCUT2D eigenvalue weighted by molar-refractivity contribution is 5.83. The van der Waals surface area contributed by atoms with Crippen molar-refractivity contribution < 1.29 is 4.79 Å². The lowest BCUT2D eigenvalue weighted by Crippen LogP contribution is -2.14. The Morgan fingerprint density at radius 3 is 2.79 bits per heavy atom. The third-order valence-electron chi connectivity index (χ3n) is 2.55. The van der Waals surface area contributed by atoms with E-state index in [4.69, 9.17) is 11.0 Å². The molecule has 0 atom stereocenters. The molecule has 1 aromatic rings. The van der Waals surface area contributed by atoms with Crippen molar-refractivity contribution in [2.45, 2.75) is 19.3 Å². The van der Waals surface area contributed by atoms with E-state index in [1.165, 1.54) is 0 Å². The summed E-state index contributed by atoms with van der Waals surface area (Å²) in [4.78, 5) is 11.2. The Bertz CT molecular complexity index is 443. The van der Waals surface area contributed by atoms with Gasteiger partial charge >= 0.3 is 0 Å². The van der Waals surface area contributed by atoms with Crippen LogP contribution in [0.3, 0.4) is 0 Å². The number of aryl methyl sites for hydroxylation is 1. The SMILES string of the molecule is N#Cc1cc2c(cc1N)CCC(=O)C2. The van der Waals surface area contributed by atoms with Crippen LogP contribution in [-0.2, 0) is 17.6 Å². The lowest BCUT2D eigenvalue weighted by Gasteiger charge is -2.15. The average molecular weight is 186 g/mol. The van der Waals surface area contributed by atoms with Crippen molar-refractivity contribution in [1.29, 1.82) is 5.26 Å². The highest BCUT2D eigenvalue weighted by atomic mass is 16.1. The first-order valence-corrected chi connectivity index (χ1v) is 4.54. The maximum absolute atomic E-state index is 11.2. The number of carbonyl (C=O) groups is 1. The van der Waals surface area contributed by atoms with Gasteiger partial charge in [-0.25, -0.2) is 0 Å². The van der Waals surface area contributed by atoms with E-state index >= 15 is 0 Å². The molecule has 0 spiro atoms. The maximum atomic E-state index is 11.2. The number of nitrogen functional groups attached to an aromatic ring is 1. The number of nitrogens with two attached hydrogens (primary N) is 1. The van der Waals surface area contributed by atoms with Crippen molar-refractivity contribution in [3.63, 3.8) is 0 Å². The molecular formula is C11H10N2O. The number of anilines is 1. The summed E-state index contributed by atoms with van der Waals surface area (Å²) in [7, 11) is 0. The van der Waals surface area contributed by atoms with Gasteiger partial charge in [-0.1, -0.05) is 0 Å². The van der Waals surface area contributed by atoms with Gasteiger partial charge in [-0.05, 0) is 29.7 Å². The van der Waals surface area contributed by atoms with Crippen molar-refractivity contribution in [1.82, 2.24) is 0 Å². The molecule has 1 aliphatic rings. The van der Waals surface area contributed by atoms with Crippen LogP contribution in [0, 0.1) is 11.3 Å². The first-order chi connectivity index (χ1) is 6.70. The number of Topliss-reactive ketones (excluding diaryl/α,β-unsaturated/α-hetero) is 1. The van der Waals surface area contributed by atoms with E-state index in [1.807, 2.05) is 12.1 Å². The van der Waals surface area contributed by atoms with E-state index in [-0.39, 0.29) is 5.78 Å². The Balaban J connectivity index is 2.52. The summed E-state index contributed by atoms with van der Waals surface area (Å²) in [6.45, 7) is 0. The summed E-state index contributed by atoms with van der Waals surface area (Å²) in [5.74, 6) is 0.242. The second-order valence-corrected chi connectivity index (χ2v) is 3.54. The number of hydrogen-bond acceptors (Lipinski definition) is 3. The number of carbonyl (C=O) groups excluding carboxylic acids is 1. The van der Waals surface area contributed by atoms with Gasteiger partial charge in [0.25, 0.3) is 0 Å². The molecule has 1 aliphatic carbocycles. The highest BCUT2D eigenvalue weighted by Crippen LogP contribution is 2.24. The average Bonchev–Trinajstić information content (AvgIpc) is 2.17. The summed E-state index contributed by atoms with van der Waals surface area (Å²) in [5.41, 5.74) is 8.74. The zero-order chi connectivity index (χ0) is 10.1. The van der Waals surface area contributed by atoms with Crippen molar-refractivity contribution >= 4 is 11.5 Å². The standard InChI is InChI=1S/C11H10N2O/c12-6-9-3-8-4-10(14)2-1-7(8)5-11(9)13/h3,5H,1-2,4,13H2. The molecule has 0 fully saturated rings. The molecular weight excluding hydrogens is 176 g/mol. The van der Waals surface area contributed by atoms with Gasteiger partial charge < -0.3 is 5.73 Å². The predicted molar refractivity (Wildman–Crippen MR) is 52.6 cm³/mol. The molecule has 0 radical (unpaired) electrons. The second kappa shape index (κ2) is 3.15. The number of benzene rings is 1. The zero-order valence-electron chi connectivity index (χ0n) is 7.71. The smallest absolute Gasteiger partial charge is 0.137 e. The molecule has 0 saturated carbocycles. The quantitative estimate of drug-likeness (QED) is 0.619. The van der Waals surface area contributed by atoms with Gasteiger partial charge in [0.1, 0.15) is 11.9 Å². The fourth-order valence-corrected chi connectivity index (χ4v) is 1.78. The molecule has 0 saturated heterocycles. The molecule has 1 aromatic carbocycles. The second-order valence-electron chi connectivity index (χ2n) is 3.54. The van der Waals surface area contributed by atoms with Crippen LogP contribution in [0.25, 0.3) is 0 Å². The summed E-state index contributed by atoms with van der Waals surface area (Å²) in [5, 5.41) is 8.77. The monoisotopic (exact) mass is 186 g/mol. The van der Waals surface area contributed by atoms with Crippen molar-refractivity contribution in [2.24, 2.45) is 0 Å². The Hall–Kier alpha value is -1.82. The molecule has 3 nitrogen and oxygen atoms in total. The number of hydrogen-bond donors (Lipinski definition) is 1. The van der Waals surface area contributed by atoms with Gasteiger partial charge in [0.05, 0.1) is 5.56 Å². The lowest BCUT2D eigenvalue weighted by atomic mass is 9.89. The zero-order valence-corrected chi connectivity index (χ0v) is 7.71. The topological polar surface area (TPSA) is 66.9 Å². The van der Waals surface area contributed by atoms with E-state index in [1.54, 1.807) is 6.07 Å². The number of ketones is 1. The minimum absolute atomic E-state index is 0.242. The molecule has 3 heteroatoms. The highest BCUT2D eigenvalue weighted by Gasteiger charge is 2.16. The van der Waals surface area contributed by atoms with Gasteiger partial charge in [0.15, 0.2) is 0 Å². The number of nitriles is 1. The van der Waals surface area contributed by atoms with Gasteiger partial charge in [0.2, 0.25) is 0 Å². The first-order valence-electron chi connectivity index (χ1n) is 4.54. The van der Waals surface area contributed by atoms with Crippen LogP contribution in [0.1, 0.15) is 23.1 Å². The van der Waals surface area contributed by atoms with Crippen LogP contribution >= 0.6 is 0 Å². The van der Waals surface area contributed by atoms with E-state index in [0.717, 1.165) is 17.5 Å². The summed E-state index contributed by atoms with van der Waals surface area (Å²) < 4.78 is 0. The van der Waals surface area contributed by atoms with Crippen LogP contribution in [0.2, 0.25) is 0 Å².